The summed E-state index contributed by atoms with van der Waals surface area (Å²) >= 11 is 3.35. The fourth-order valence-corrected chi connectivity index (χ4v) is 3.34. The number of thioether (sulfide) groups is 1. The van der Waals surface area contributed by atoms with E-state index in [0.29, 0.717) is 0 Å². The second-order valence-corrected chi connectivity index (χ2v) is 7.46. The molecular weight excluding hydrogens is 334 g/mol. The van der Waals surface area contributed by atoms with Crippen LogP contribution in [0.5, 0.6) is 0 Å². The van der Waals surface area contributed by atoms with Crippen LogP contribution in [-0.2, 0) is 0 Å². The largest absolute Gasteiger partial charge is 0.319 e. The summed E-state index contributed by atoms with van der Waals surface area (Å²) in [5, 5.41) is 8.28. The molecule has 1 N–H and O–H groups in total. The van der Waals surface area contributed by atoms with Crippen LogP contribution in [0.4, 0.5) is 5.69 Å². The lowest BCUT2D eigenvalue weighted by Gasteiger charge is -2.17. The Balaban J connectivity index is 2.56. The summed E-state index contributed by atoms with van der Waals surface area (Å²) in [5.41, 5.74) is 2.29. The quantitative estimate of drug-likeness (QED) is 0.223. The normalized spacial score (nSPS) is 11.9. The van der Waals surface area contributed by atoms with E-state index < -0.39 is 0 Å². The number of rotatable bonds is 11. The highest BCUT2D eigenvalue weighted by molar-refractivity contribution is 8.15. The maximum Gasteiger partial charge on any atom is 0.114 e. The number of hydrogen-bond donors (Lipinski definition) is 1. The van der Waals surface area contributed by atoms with Gasteiger partial charge in [-0.1, -0.05) is 62.8 Å². The van der Waals surface area contributed by atoms with E-state index in [0.717, 1.165) is 22.0 Å². The Morgan fingerprint density at radius 3 is 2.67 bits per heavy atom. The van der Waals surface area contributed by atoms with Crippen LogP contribution in [0.1, 0.15) is 44.6 Å². The number of benzene rings is 1. The molecule has 0 saturated carbocycles. The Kier molecular flexibility index (Phi) is 11.4. The summed E-state index contributed by atoms with van der Waals surface area (Å²) in [6.07, 6.45) is 13.6. The number of nitrogens with zero attached hydrogens (tertiary/aromatic N) is 2. The first-order chi connectivity index (χ1) is 11.7. The van der Waals surface area contributed by atoms with Crippen molar-refractivity contribution in [3.05, 3.63) is 36.0 Å². The van der Waals surface area contributed by atoms with Crippen LogP contribution >= 0.6 is 23.7 Å². The van der Waals surface area contributed by atoms with Crippen molar-refractivity contribution in [3.63, 3.8) is 0 Å². The fourth-order valence-electron chi connectivity index (χ4n) is 2.20. The first kappa shape index (κ1) is 20.8. The predicted molar refractivity (Wildman–Crippen MR) is 115 cm³/mol. The van der Waals surface area contributed by atoms with Crippen molar-refractivity contribution in [1.29, 1.82) is 5.41 Å². The summed E-state index contributed by atoms with van der Waals surface area (Å²) in [6.45, 7) is 2.23. The summed E-state index contributed by atoms with van der Waals surface area (Å²) in [7, 11) is 2.05. The molecule has 0 aliphatic heterocycles. The highest BCUT2D eigenvalue weighted by atomic mass is 32.2. The number of para-hydroxylation sites is 1. The van der Waals surface area contributed by atoms with E-state index in [1.807, 2.05) is 18.2 Å². The van der Waals surface area contributed by atoms with Gasteiger partial charge >= 0.3 is 0 Å². The molecule has 1 aromatic carbocycles. The fraction of sp³-hybridized carbons (Fsp3) is 0.474. The maximum absolute atomic E-state index is 7.51. The van der Waals surface area contributed by atoms with Gasteiger partial charge in [0, 0.05) is 25.1 Å². The molecule has 0 aliphatic rings. The molecule has 0 unspecified atom stereocenters. The molecule has 0 radical (unpaired) electrons. The topological polar surface area (TPSA) is 39.5 Å². The summed E-state index contributed by atoms with van der Waals surface area (Å²) < 4.78 is 2.13. The van der Waals surface area contributed by atoms with E-state index in [9.17, 15) is 0 Å². The van der Waals surface area contributed by atoms with Crippen molar-refractivity contribution >= 4 is 46.7 Å². The number of aliphatic imine (C=N–C) groups is 1. The van der Waals surface area contributed by atoms with Gasteiger partial charge in [0.2, 0.25) is 0 Å². The molecule has 0 heterocycles. The van der Waals surface area contributed by atoms with Crippen LogP contribution < -0.4 is 4.31 Å². The van der Waals surface area contributed by atoms with Crippen LogP contribution in [-0.4, -0.2) is 30.3 Å². The summed E-state index contributed by atoms with van der Waals surface area (Å²) in [4.78, 5) is 4.43. The number of anilines is 1. The standard InChI is InChI=1S/C19H29N3S2/c1-4-5-6-7-10-15-24-19(16-20)21-14-13-17-11-8-9-12-18(17)22(2)23-3/h8-9,11-14,16,20H,4-7,10,15H2,1-3H3/b14-13+,20-16?,21-19?. The van der Waals surface area contributed by atoms with Gasteiger partial charge in [-0.05, 0) is 24.3 Å². The third-order valence-electron chi connectivity index (χ3n) is 3.63. The molecule has 24 heavy (non-hydrogen) atoms. The van der Waals surface area contributed by atoms with Gasteiger partial charge in [-0.2, -0.15) is 0 Å². The molecule has 0 spiro atoms. The Bertz CT molecular complexity index is 541. The molecule has 0 atom stereocenters. The second kappa shape index (κ2) is 13.1. The average Bonchev–Trinajstić information content (AvgIpc) is 2.62. The third kappa shape index (κ3) is 8.06. The van der Waals surface area contributed by atoms with Gasteiger partial charge in [-0.15, -0.1) is 11.8 Å². The summed E-state index contributed by atoms with van der Waals surface area (Å²) in [5.74, 6) is 1.04. The Morgan fingerprint density at radius 1 is 1.21 bits per heavy atom. The SMILES string of the molecule is CCCCCCCSC(C=N)=N/C=C/c1ccccc1N(C)SC. The van der Waals surface area contributed by atoms with Crippen molar-refractivity contribution < 1.29 is 0 Å². The molecular formula is C19H29N3S2. The lowest BCUT2D eigenvalue weighted by Crippen LogP contribution is -2.06. The van der Waals surface area contributed by atoms with E-state index in [2.05, 4.69) is 41.7 Å². The zero-order valence-corrected chi connectivity index (χ0v) is 16.6. The molecule has 0 bridgehead atoms. The Morgan fingerprint density at radius 2 is 1.96 bits per heavy atom. The molecule has 0 saturated heterocycles. The minimum Gasteiger partial charge on any atom is -0.319 e. The van der Waals surface area contributed by atoms with Gasteiger partial charge in [0.25, 0.3) is 0 Å². The van der Waals surface area contributed by atoms with Crippen molar-refractivity contribution in [2.75, 3.05) is 23.4 Å². The number of nitrogens with one attached hydrogen (secondary N) is 1. The lowest BCUT2D eigenvalue weighted by atomic mass is 10.2. The Hall–Kier alpha value is -1.20. The second-order valence-electron chi connectivity index (χ2n) is 5.43. The highest BCUT2D eigenvalue weighted by Gasteiger charge is 2.03. The number of unbranched alkanes of at least 4 members (excludes halogenated alkanes) is 4. The van der Waals surface area contributed by atoms with E-state index in [1.54, 1.807) is 29.9 Å². The minimum absolute atomic E-state index is 0.775. The zero-order chi connectivity index (χ0) is 17.6. The van der Waals surface area contributed by atoms with E-state index >= 15 is 0 Å². The molecule has 1 rings (SSSR count). The summed E-state index contributed by atoms with van der Waals surface area (Å²) in [6, 6.07) is 8.26. The minimum atomic E-state index is 0.775. The highest BCUT2D eigenvalue weighted by Crippen LogP contribution is 2.24. The lowest BCUT2D eigenvalue weighted by molar-refractivity contribution is 0.660. The molecule has 132 valence electrons. The van der Waals surface area contributed by atoms with Crippen LogP contribution in [0, 0.1) is 5.41 Å². The number of hydrogen-bond acceptors (Lipinski definition) is 5. The molecule has 0 amide bonds. The van der Waals surface area contributed by atoms with Crippen LogP contribution in [0.3, 0.4) is 0 Å². The predicted octanol–water partition coefficient (Wildman–Crippen LogP) is 6.12. The van der Waals surface area contributed by atoms with E-state index in [4.69, 9.17) is 5.41 Å². The maximum atomic E-state index is 7.51. The van der Waals surface area contributed by atoms with Crippen molar-refractivity contribution in [1.82, 2.24) is 0 Å². The molecule has 0 fully saturated rings. The third-order valence-corrected chi connectivity index (χ3v) is 5.38. The van der Waals surface area contributed by atoms with Gasteiger partial charge in [-0.25, -0.2) is 4.99 Å². The van der Waals surface area contributed by atoms with Crippen molar-refractivity contribution in [3.8, 4) is 0 Å². The van der Waals surface area contributed by atoms with Gasteiger partial charge in [-0.3, -0.25) is 0 Å². The van der Waals surface area contributed by atoms with E-state index in [-0.39, 0.29) is 0 Å². The van der Waals surface area contributed by atoms with Crippen molar-refractivity contribution in [2.24, 2.45) is 4.99 Å². The van der Waals surface area contributed by atoms with Crippen LogP contribution in [0.15, 0.2) is 35.5 Å². The first-order valence-corrected chi connectivity index (χ1v) is 10.6. The molecule has 1 aromatic rings. The van der Waals surface area contributed by atoms with Gasteiger partial charge in [0.05, 0.1) is 11.9 Å². The molecule has 0 aromatic heterocycles. The van der Waals surface area contributed by atoms with Crippen LogP contribution in [0.2, 0.25) is 0 Å². The van der Waals surface area contributed by atoms with Gasteiger partial charge in [0.1, 0.15) is 5.04 Å². The smallest absolute Gasteiger partial charge is 0.114 e. The molecule has 3 nitrogen and oxygen atoms in total. The molecule has 5 heteroatoms. The zero-order valence-electron chi connectivity index (χ0n) is 15.0. The monoisotopic (exact) mass is 363 g/mol. The van der Waals surface area contributed by atoms with Gasteiger partial charge < -0.3 is 9.71 Å². The molecule has 0 aliphatic carbocycles. The first-order valence-electron chi connectivity index (χ1n) is 8.47. The van der Waals surface area contributed by atoms with Crippen molar-refractivity contribution in [2.45, 2.75) is 39.0 Å². The average molecular weight is 364 g/mol. The van der Waals surface area contributed by atoms with Gasteiger partial charge in [0.15, 0.2) is 0 Å². The Labute approximate surface area is 155 Å². The van der Waals surface area contributed by atoms with E-state index in [1.165, 1.54) is 38.3 Å². The van der Waals surface area contributed by atoms with Crippen LogP contribution in [0.25, 0.3) is 6.08 Å².